The summed E-state index contributed by atoms with van der Waals surface area (Å²) in [5.41, 5.74) is 5.88. The monoisotopic (exact) mass is 293 g/mol. The molecule has 7 heteroatoms. The minimum Gasteiger partial charge on any atom is -0.383 e. The topological polar surface area (TPSA) is 84.7 Å². The third-order valence-corrected chi connectivity index (χ3v) is 5.16. The summed E-state index contributed by atoms with van der Waals surface area (Å²) in [5, 5.41) is 0. The van der Waals surface area contributed by atoms with E-state index in [-0.39, 0.29) is 12.1 Å². The highest BCUT2D eigenvalue weighted by Crippen LogP contribution is 2.24. The lowest BCUT2D eigenvalue weighted by Gasteiger charge is -2.35. The average molecular weight is 293 g/mol. The van der Waals surface area contributed by atoms with Crippen LogP contribution in [0.3, 0.4) is 0 Å². The van der Waals surface area contributed by atoms with Crippen molar-refractivity contribution < 1.29 is 13.2 Å². The molecule has 0 atom stereocenters. The summed E-state index contributed by atoms with van der Waals surface area (Å²) >= 11 is 0. The molecule has 0 aliphatic heterocycles. The van der Waals surface area contributed by atoms with E-state index < -0.39 is 10.2 Å². The minimum atomic E-state index is -3.41. The number of nitrogens with one attached hydrogen (secondary N) is 1. The summed E-state index contributed by atoms with van der Waals surface area (Å²) in [5.74, 6) is 0. The zero-order valence-corrected chi connectivity index (χ0v) is 12.8. The van der Waals surface area contributed by atoms with Crippen LogP contribution in [-0.4, -0.2) is 51.6 Å². The Labute approximate surface area is 116 Å². The van der Waals surface area contributed by atoms with Crippen molar-refractivity contribution in [3.05, 3.63) is 0 Å². The van der Waals surface area contributed by atoms with Crippen molar-refractivity contribution in [3.8, 4) is 0 Å². The van der Waals surface area contributed by atoms with Gasteiger partial charge in [0.25, 0.3) is 10.2 Å². The summed E-state index contributed by atoms with van der Waals surface area (Å²) in [6.07, 6.45) is 4.32. The predicted octanol–water partition coefficient (Wildman–Crippen LogP) is 0.449. The molecule has 6 nitrogen and oxygen atoms in total. The van der Waals surface area contributed by atoms with Crippen LogP contribution in [0.1, 0.15) is 39.0 Å². The van der Waals surface area contributed by atoms with Crippen molar-refractivity contribution in [2.45, 2.75) is 51.1 Å². The fourth-order valence-electron chi connectivity index (χ4n) is 2.46. The van der Waals surface area contributed by atoms with Crippen LogP contribution in [0.25, 0.3) is 0 Å². The van der Waals surface area contributed by atoms with Gasteiger partial charge >= 0.3 is 0 Å². The molecule has 1 aliphatic carbocycles. The molecule has 0 saturated heterocycles. The fourth-order valence-corrected chi connectivity index (χ4v) is 4.00. The van der Waals surface area contributed by atoms with Crippen LogP contribution < -0.4 is 10.5 Å². The van der Waals surface area contributed by atoms with Crippen molar-refractivity contribution in [1.29, 1.82) is 0 Å². The number of hydrogen-bond donors (Lipinski definition) is 2. The van der Waals surface area contributed by atoms with Crippen molar-refractivity contribution >= 4 is 10.2 Å². The van der Waals surface area contributed by atoms with Crippen LogP contribution in [0.5, 0.6) is 0 Å². The van der Waals surface area contributed by atoms with Crippen LogP contribution in [0.4, 0.5) is 0 Å². The van der Waals surface area contributed by atoms with E-state index in [0.29, 0.717) is 19.7 Å². The van der Waals surface area contributed by atoms with Gasteiger partial charge in [0.05, 0.1) is 6.61 Å². The van der Waals surface area contributed by atoms with E-state index in [0.717, 1.165) is 32.1 Å². The number of rotatable bonds is 8. The molecule has 1 saturated carbocycles. The zero-order valence-electron chi connectivity index (χ0n) is 12.0. The predicted molar refractivity (Wildman–Crippen MR) is 76.0 cm³/mol. The summed E-state index contributed by atoms with van der Waals surface area (Å²) in [4.78, 5) is 0. The smallest absolute Gasteiger partial charge is 0.279 e. The fraction of sp³-hybridized carbons (Fsp3) is 1.00. The van der Waals surface area contributed by atoms with Crippen LogP contribution in [0, 0.1) is 0 Å². The molecule has 0 spiro atoms. The number of ether oxygens (including phenoxy) is 1. The van der Waals surface area contributed by atoms with Crippen LogP contribution >= 0.6 is 0 Å². The molecule has 0 radical (unpaired) electrons. The lowest BCUT2D eigenvalue weighted by Crippen LogP contribution is -2.49. The first-order valence-corrected chi connectivity index (χ1v) is 8.46. The first-order chi connectivity index (χ1) is 9.01. The summed E-state index contributed by atoms with van der Waals surface area (Å²) in [7, 11) is -1.86. The SMILES string of the molecule is CCCN(C1CCC(N)CC1)S(=O)(=O)NCCOC. The summed E-state index contributed by atoms with van der Waals surface area (Å²) in [6, 6.07) is 0.309. The van der Waals surface area contributed by atoms with Gasteiger partial charge in [-0.3, -0.25) is 0 Å². The Kier molecular flexibility index (Phi) is 7.23. The molecular weight excluding hydrogens is 266 g/mol. The van der Waals surface area contributed by atoms with Gasteiger partial charge in [-0.05, 0) is 32.1 Å². The van der Waals surface area contributed by atoms with Crippen molar-refractivity contribution in [1.82, 2.24) is 9.03 Å². The maximum absolute atomic E-state index is 12.3. The molecule has 19 heavy (non-hydrogen) atoms. The van der Waals surface area contributed by atoms with E-state index >= 15 is 0 Å². The Morgan fingerprint density at radius 1 is 1.32 bits per heavy atom. The van der Waals surface area contributed by atoms with E-state index in [4.69, 9.17) is 10.5 Å². The van der Waals surface area contributed by atoms with Gasteiger partial charge in [-0.1, -0.05) is 6.92 Å². The lowest BCUT2D eigenvalue weighted by atomic mass is 9.92. The second-order valence-corrected chi connectivity index (χ2v) is 6.78. The molecular formula is C12H27N3O3S. The van der Waals surface area contributed by atoms with Crippen molar-refractivity contribution in [3.63, 3.8) is 0 Å². The molecule has 0 aromatic heterocycles. The summed E-state index contributed by atoms with van der Waals surface area (Å²) in [6.45, 7) is 3.24. The van der Waals surface area contributed by atoms with Crippen molar-refractivity contribution in [2.75, 3.05) is 26.8 Å². The van der Waals surface area contributed by atoms with Gasteiger partial charge in [0.2, 0.25) is 0 Å². The van der Waals surface area contributed by atoms with E-state index in [9.17, 15) is 8.42 Å². The van der Waals surface area contributed by atoms with Gasteiger partial charge in [0.1, 0.15) is 0 Å². The quantitative estimate of drug-likeness (QED) is 0.636. The molecule has 0 unspecified atom stereocenters. The average Bonchev–Trinajstić information content (AvgIpc) is 2.37. The van der Waals surface area contributed by atoms with E-state index in [2.05, 4.69) is 4.72 Å². The molecule has 0 heterocycles. The van der Waals surface area contributed by atoms with Gasteiger partial charge in [-0.15, -0.1) is 0 Å². The Bertz CT molecular complexity index is 340. The molecule has 1 fully saturated rings. The number of nitrogens with two attached hydrogens (primary N) is 1. The summed E-state index contributed by atoms with van der Waals surface area (Å²) < 4.78 is 33.7. The molecule has 114 valence electrons. The number of methoxy groups -OCH3 is 1. The highest BCUT2D eigenvalue weighted by Gasteiger charge is 2.31. The normalized spacial score (nSPS) is 24.8. The number of nitrogens with zero attached hydrogens (tertiary/aromatic N) is 1. The first kappa shape index (κ1) is 16.8. The Balaban J connectivity index is 2.64. The molecule has 0 amide bonds. The molecule has 1 aliphatic rings. The zero-order chi connectivity index (χ0) is 14.3. The first-order valence-electron chi connectivity index (χ1n) is 7.02. The largest absolute Gasteiger partial charge is 0.383 e. The second kappa shape index (κ2) is 8.16. The highest BCUT2D eigenvalue weighted by molar-refractivity contribution is 7.87. The third kappa shape index (κ3) is 5.35. The second-order valence-electron chi connectivity index (χ2n) is 5.07. The number of hydrogen-bond acceptors (Lipinski definition) is 4. The van der Waals surface area contributed by atoms with Gasteiger partial charge in [0, 0.05) is 32.3 Å². The maximum atomic E-state index is 12.3. The van der Waals surface area contributed by atoms with Gasteiger partial charge in [-0.25, -0.2) is 0 Å². The highest BCUT2D eigenvalue weighted by atomic mass is 32.2. The molecule has 1 rings (SSSR count). The standard InChI is InChI=1S/C12H27N3O3S/c1-3-9-15(12-6-4-11(13)5-7-12)19(16,17)14-8-10-18-2/h11-12,14H,3-10,13H2,1-2H3. The van der Waals surface area contributed by atoms with Crippen molar-refractivity contribution in [2.24, 2.45) is 5.73 Å². The van der Waals surface area contributed by atoms with Crippen LogP contribution in [0.15, 0.2) is 0 Å². The van der Waals surface area contributed by atoms with Gasteiger partial charge < -0.3 is 10.5 Å². The maximum Gasteiger partial charge on any atom is 0.279 e. The molecule has 3 N–H and O–H groups in total. The van der Waals surface area contributed by atoms with Crippen LogP contribution in [-0.2, 0) is 14.9 Å². The molecule has 0 aromatic carbocycles. The lowest BCUT2D eigenvalue weighted by molar-refractivity contribution is 0.201. The van der Waals surface area contributed by atoms with E-state index in [1.165, 1.54) is 0 Å². The Morgan fingerprint density at radius 3 is 2.47 bits per heavy atom. The molecule has 0 aromatic rings. The van der Waals surface area contributed by atoms with E-state index in [1.807, 2.05) is 6.92 Å². The molecule has 0 bridgehead atoms. The Hall–Kier alpha value is -0.210. The van der Waals surface area contributed by atoms with Gasteiger partial charge in [-0.2, -0.15) is 17.4 Å². The van der Waals surface area contributed by atoms with Crippen LogP contribution in [0.2, 0.25) is 0 Å². The van der Waals surface area contributed by atoms with Gasteiger partial charge in [0.15, 0.2) is 0 Å². The third-order valence-electron chi connectivity index (χ3n) is 3.49. The Morgan fingerprint density at radius 2 is 1.95 bits per heavy atom. The van der Waals surface area contributed by atoms with E-state index in [1.54, 1.807) is 11.4 Å². The minimum absolute atomic E-state index is 0.0831.